The summed E-state index contributed by atoms with van der Waals surface area (Å²) in [5.74, 6) is 0.0376. The van der Waals surface area contributed by atoms with Gasteiger partial charge in [-0.05, 0) is 12.5 Å². The van der Waals surface area contributed by atoms with Gasteiger partial charge in [0.05, 0.1) is 18.9 Å². The number of aliphatic hydroxyl groups excluding tert-OH is 1. The van der Waals surface area contributed by atoms with Gasteiger partial charge in [-0.25, -0.2) is 13.7 Å². The highest BCUT2D eigenvalue weighted by Crippen LogP contribution is 2.60. The van der Waals surface area contributed by atoms with Crippen LogP contribution in [0.4, 0.5) is 5.82 Å². The normalized spacial score (nSPS) is 22.5. The summed E-state index contributed by atoms with van der Waals surface area (Å²) in [6.07, 6.45) is 14.0. The van der Waals surface area contributed by atoms with Gasteiger partial charge in [0.25, 0.3) is 0 Å². The Kier molecular flexibility index (Phi) is 15.4. The van der Waals surface area contributed by atoms with E-state index in [1.54, 1.807) is 0 Å². The topological polar surface area (TPSA) is 183 Å². The van der Waals surface area contributed by atoms with Crippen LogP contribution in [0.15, 0.2) is 17.1 Å². The summed E-state index contributed by atoms with van der Waals surface area (Å²) in [6, 6.07) is 1.40. The molecule has 0 bridgehead atoms. The number of aliphatic hydroxyl groups is 1. The maximum Gasteiger partial charge on any atom is 0.479 e. The molecular weight excluding hydrogens is 548 g/mol. The molecule has 39 heavy (non-hydrogen) atoms. The maximum absolute atomic E-state index is 12.3. The molecule has 1 aromatic heterocycles. The predicted octanol–water partition coefficient (Wildman–Crippen LogP) is 5.27. The van der Waals surface area contributed by atoms with Crippen LogP contribution in [0.25, 0.3) is 0 Å². The zero-order valence-corrected chi connectivity index (χ0v) is 24.9. The van der Waals surface area contributed by atoms with E-state index >= 15 is 0 Å². The quantitative estimate of drug-likeness (QED) is 0.107. The largest absolute Gasteiger partial charge is 0.479 e. The van der Waals surface area contributed by atoms with E-state index in [4.69, 9.17) is 15.0 Å². The van der Waals surface area contributed by atoms with E-state index in [0.29, 0.717) is 6.42 Å². The summed E-state index contributed by atoms with van der Waals surface area (Å²) in [7, 11) is -9.24. The van der Waals surface area contributed by atoms with Gasteiger partial charge in [-0.15, -0.1) is 0 Å². The molecule has 1 aromatic rings. The second-order valence-electron chi connectivity index (χ2n) is 10.3. The summed E-state index contributed by atoms with van der Waals surface area (Å²) in [6.45, 7) is 1.65. The van der Waals surface area contributed by atoms with Crippen molar-refractivity contribution in [3.05, 3.63) is 22.7 Å². The number of aromatic nitrogens is 2. The average Bonchev–Trinajstić information content (AvgIpc) is 3.22. The molecule has 5 atom stereocenters. The van der Waals surface area contributed by atoms with Gasteiger partial charge in [-0.1, -0.05) is 90.4 Å². The Morgan fingerprint density at radius 3 is 2.08 bits per heavy atom. The van der Waals surface area contributed by atoms with Gasteiger partial charge in [-0.3, -0.25) is 13.7 Å². The molecule has 0 aromatic carbocycles. The molecule has 14 heteroatoms. The number of anilines is 1. The molecule has 0 amide bonds. The van der Waals surface area contributed by atoms with E-state index < -0.39 is 46.2 Å². The van der Waals surface area contributed by atoms with Crippen molar-refractivity contribution in [1.29, 1.82) is 0 Å². The predicted molar refractivity (Wildman–Crippen MR) is 149 cm³/mol. The Balaban J connectivity index is 1.58. The molecule has 0 aliphatic carbocycles. The number of nitrogens with zero attached hydrogens (tertiary/aromatic N) is 2. The lowest BCUT2D eigenvalue weighted by molar-refractivity contribution is -0.0447. The standard InChI is InChI=1S/C25H47N3O9P2/c1-2-3-4-5-6-7-8-9-10-11-12-13-14-15-18-38(31,32)37-39(33,34)35-20-22-21(29)19-24(36-22)28-17-16-23(26)27-25(28)30/h16-17,21-22,24,29H,2-15,18-20H2,1H3,(H,31,32)(H,33,34)(H2,26,27,30)/t21-,22+,24+/m0/s1. The molecule has 0 spiro atoms. The molecular formula is C25H47N3O9P2. The number of rotatable bonds is 21. The van der Waals surface area contributed by atoms with Crippen LogP contribution in [0.1, 0.15) is 109 Å². The van der Waals surface area contributed by atoms with E-state index in [9.17, 15) is 28.8 Å². The summed E-state index contributed by atoms with van der Waals surface area (Å²) in [5.41, 5.74) is 4.79. The fraction of sp³-hybridized carbons (Fsp3) is 0.840. The highest BCUT2D eigenvalue weighted by Gasteiger charge is 2.39. The lowest BCUT2D eigenvalue weighted by Crippen LogP contribution is -2.28. The molecule has 0 saturated carbocycles. The smallest absolute Gasteiger partial charge is 0.390 e. The van der Waals surface area contributed by atoms with Crippen LogP contribution in [0.2, 0.25) is 0 Å². The van der Waals surface area contributed by atoms with Gasteiger partial charge in [0.1, 0.15) is 18.1 Å². The Morgan fingerprint density at radius 1 is 1.00 bits per heavy atom. The van der Waals surface area contributed by atoms with Crippen molar-refractivity contribution in [3.8, 4) is 0 Å². The van der Waals surface area contributed by atoms with Gasteiger partial charge in [-0.2, -0.15) is 4.98 Å². The first kappa shape index (κ1) is 34.1. The van der Waals surface area contributed by atoms with Crippen molar-refractivity contribution >= 4 is 21.2 Å². The highest BCUT2D eigenvalue weighted by atomic mass is 31.3. The lowest BCUT2D eigenvalue weighted by Gasteiger charge is -2.19. The second kappa shape index (κ2) is 17.7. The number of phosphoric ester groups is 1. The van der Waals surface area contributed by atoms with Crippen LogP contribution in [0.3, 0.4) is 0 Å². The van der Waals surface area contributed by atoms with Crippen LogP contribution in [0.5, 0.6) is 0 Å². The molecule has 1 fully saturated rings. The lowest BCUT2D eigenvalue weighted by atomic mass is 10.0. The van der Waals surface area contributed by atoms with Gasteiger partial charge >= 0.3 is 21.1 Å². The first-order valence-electron chi connectivity index (χ1n) is 14.2. The van der Waals surface area contributed by atoms with Gasteiger partial charge in [0.2, 0.25) is 0 Å². The highest BCUT2D eigenvalue weighted by molar-refractivity contribution is 7.64. The number of hydrogen-bond donors (Lipinski definition) is 4. The first-order valence-corrected chi connectivity index (χ1v) is 17.5. The SMILES string of the molecule is CCCCCCCCCCCCCCCCP(=O)(O)OP(=O)(O)OC[C@H]1O[C@@H](n2ccc(N)nc2=O)C[C@@H]1O. The van der Waals surface area contributed by atoms with Crippen LogP contribution >= 0.6 is 15.4 Å². The van der Waals surface area contributed by atoms with E-state index in [1.165, 1.54) is 70.1 Å². The molecule has 1 aliphatic rings. The van der Waals surface area contributed by atoms with Crippen LogP contribution in [-0.2, 0) is 22.7 Å². The summed E-state index contributed by atoms with van der Waals surface area (Å²) in [4.78, 5) is 35.5. The van der Waals surface area contributed by atoms with Crippen molar-refractivity contribution in [1.82, 2.24) is 9.55 Å². The Morgan fingerprint density at radius 2 is 1.54 bits per heavy atom. The second-order valence-corrected chi connectivity index (χ2v) is 13.8. The van der Waals surface area contributed by atoms with Crippen LogP contribution in [0, 0.1) is 0 Å². The zero-order valence-electron chi connectivity index (χ0n) is 23.1. The van der Waals surface area contributed by atoms with Crippen molar-refractivity contribution in [3.63, 3.8) is 0 Å². The van der Waals surface area contributed by atoms with E-state index in [2.05, 4.69) is 16.2 Å². The molecule has 2 heterocycles. The van der Waals surface area contributed by atoms with Gasteiger partial charge in [0.15, 0.2) is 0 Å². The number of unbranched alkanes of at least 4 members (excludes halogenated alkanes) is 13. The molecule has 2 rings (SSSR count). The van der Waals surface area contributed by atoms with Crippen molar-refractivity contribution < 1.29 is 37.6 Å². The van der Waals surface area contributed by atoms with Gasteiger partial charge < -0.3 is 25.4 Å². The maximum atomic E-state index is 12.3. The zero-order chi connectivity index (χ0) is 28.7. The number of nitrogen functional groups attached to an aromatic ring is 1. The van der Waals surface area contributed by atoms with Crippen molar-refractivity contribution in [2.45, 2.75) is 122 Å². The van der Waals surface area contributed by atoms with Crippen molar-refractivity contribution in [2.75, 3.05) is 18.5 Å². The third kappa shape index (κ3) is 13.9. The van der Waals surface area contributed by atoms with Crippen LogP contribution < -0.4 is 11.4 Å². The number of hydrogen-bond acceptors (Lipinski definition) is 9. The molecule has 1 aliphatic heterocycles. The third-order valence-corrected chi connectivity index (χ3v) is 10.00. The van der Waals surface area contributed by atoms with Gasteiger partial charge in [0, 0.05) is 12.6 Å². The minimum Gasteiger partial charge on any atom is -0.390 e. The molecule has 2 unspecified atom stereocenters. The molecule has 0 radical (unpaired) electrons. The molecule has 5 N–H and O–H groups in total. The van der Waals surface area contributed by atoms with Crippen LogP contribution in [-0.4, -0.2) is 49.4 Å². The average molecular weight is 596 g/mol. The summed E-state index contributed by atoms with van der Waals surface area (Å²) in [5, 5.41) is 10.2. The summed E-state index contributed by atoms with van der Waals surface area (Å²) < 4.78 is 40.6. The summed E-state index contributed by atoms with van der Waals surface area (Å²) >= 11 is 0. The van der Waals surface area contributed by atoms with Crippen molar-refractivity contribution in [2.24, 2.45) is 0 Å². The molecule has 12 nitrogen and oxygen atoms in total. The number of phosphoric acid groups is 1. The monoisotopic (exact) mass is 595 g/mol. The Labute approximate surface area is 231 Å². The van der Waals surface area contributed by atoms with E-state index in [1.807, 2.05) is 0 Å². The Bertz CT molecular complexity index is 994. The van der Waals surface area contributed by atoms with E-state index in [0.717, 1.165) is 30.3 Å². The molecule has 226 valence electrons. The Hall–Kier alpha value is -1.10. The minimum atomic E-state index is -4.89. The minimum absolute atomic E-state index is 0.00768. The number of ether oxygens (including phenoxy) is 1. The first-order chi connectivity index (χ1) is 18.5. The van der Waals surface area contributed by atoms with E-state index in [-0.39, 0.29) is 18.4 Å². The fourth-order valence-electron chi connectivity index (χ4n) is 4.58. The molecule has 1 saturated heterocycles. The fourth-order valence-corrected chi connectivity index (χ4v) is 7.34. The third-order valence-electron chi connectivity index (χ3n) is 6.79. The number of nitrogens with two attached hydrogens (primary N) is 1.